The molecule has 80 valence electrons. The zero-order chi connectivity index (χ0) is 11.3. The molecule has 0 atom stereocenters. The maximum Gasteiger partial charge on any atom is 0.144 e. The van der Waals surface area contributed by atoms with Gasteiger partial charge in [0.05, 0.1) is 18.1 Å². The van der Waals surface area contributed by atoms with Gasteiger partial charge in [-0.1, -0.05) is 0 Å². The summed E-state index contributed by atoms with van der Waals surface area (Å²) < 4.78 is 25.5. The van der Waals surface area contributed by atoms with Crippen molar-refractivity contribution in [3.8, 4) is 0 Å². The van der Waals surface area contributed by atoms with Gasteiger partial charge in [0, 0.05) is 19.3 Å². The van der Waals surface area contributed by atoms with Crippen LogP contribution in [0.25, 0.3) is 0 Å². The van der Waals surface area contributed by atoms with E-state index >= 15 is 0 Å². The fourth-order valence-electron chi connectivity index (χ4n) is 0.917. The van der Waals surface area contributed by atoms with Crippen LogP contribution in [0.2, 0.25) is 0 Å². The van der Waals surface area contributed by atoms with E-state index in [1.807, 2.05) is 26.2 Å². The number of aryl methyl sites for hydroxylation is 2. The monoisotopic (exact) mass is 211 g/mol. The lowest BCUT2D eigenvalue weighted by Crippen LogP contribution is -1.86. The highest BCUT2D eigenvalue weighted by Crippen LogP contribution is 1.96. The summed E-state index contributed by atoms with van der Waals surface area (Å²) in [7, 11) is 1.91. The minimum absolute atomic E-state index is 0.648. The highest BCUT2D eigenvalue weighted by atomic mass is 19.1. The second-order valence-corrected chi connectivity index (χ2v) is 2.95. The molecule has 0 spiro atoms. The molecule has 0 aromatic carbocycles. The number of halogens is 2. The largest absolute Gasteiger partial charge is 0.276 e. The van der Waals surface area contributed by atoms with Crippen LogP contribution in [0.1, 0.15) is 5.69 Å². The molecular formula is C10H11F2N3. The maximum atomic E-state index is 11.9. The Bertz CT molecular complexity index is 392. The maximum absolute atomic E-state index is 11.9. The van der Waals surface area contributed by atoms with Gasteiger partial charge >= 0.3 is 0 Å². The average molecular weight is 211 g/mol. The van der Waals surface area contributed by atoms with E-state index in [4.69, 9.17) is 0 Å². The number of hydrogen-bond donors (Lipinski definition) is 0. The van der Waals surface area contributed by atoms with Crippen molar-refractivity contribution in [1.29, 1.82) is 0 Å². The molecule has 3 nitrogen and oxygen atoms in total. The summed E-state index contributed by atoms with van der Waals surface area (Å²) in [5.41, 5.74) is 1.07. The van der Waals surface area contributed by atoms with Crippen LogP contribution in [0.15, 0.2) is 30.7 Å². The minimum Gasteiger partial charge on any atom is -0.276 e. The van der Waals surface area contributed by atoms with Gasteiger partial charge in [-0.25, -0.2) is 8.78 Å². The Kier molecular flexibility index (Phi) is 3.91. The Morgan fingerprint density at radius 3 is 2.00 bits per heavy atom. The lowest BCUT2D eigenvalue weighted by Gasteiger charge is -1.83. The number of aromatic nitrogens is 3. The summed E-state index contributed by atoms with van der Waals surface area (Å²) in [6.45, 7) is 1.97. The van der Waals surface area contributed by atoms with Crippen molar-refractivity contribution in [3.05, 3.63) is 48.1 Å². The average Bonchev–Trinajstić information content (AvgIpc) is 2.50. The van der Waals surface area contributed by atoms with Gasteiger partial charge in [-0.2, -0.15) is 5.10 Å². The molecule has 0 aliphatic heterocycles. The number of pyridine rings is 1. The lowest BCUT2D eigenvalue weighted by molar-refractivity contribution is 0.573. The van der Waals surface area contributed by atoms with Crippen LogP contribution < -0.4 is 0 Å². The van der Waals surface area contributed by atoms with Crippen molar-refractivity contribution in [3.63, 3.8) is 0 Å². The first-order valence-electron chi connectivity index (χ1n) is 4.30. The van der Waals surface area contributed by atoms with Crippen LogP contribution >= 0.6 is 0 Å². The van der Waals surface area contributed by atoms with Crippen LogP contribution in [0, 0.1) is 18.6 Å². The van der Waals surface area contributed by atoms with Crippen molar-refractivity contribution >= 4 is 0 Å². The third-order valence-corrected chi connectivity index (χ3v) is 1.52. The smallest absolute Gasteiger partial charge is 0.144 e. The van der Waals surface area contributed by atoms with E-state index in [0.717, 1.165) is 24.2 Å². The highest BCUT2D eigenvalue weighted by Gasteiger charge is 1.89. The third-order valence-electron chi connectivity index (χ3n) is 1.52. The molecule has 2 aromatic rings. The Morgan fingerprint density at radius 2 is 1.80 bits per heavy atom. The molecule has 2 heterocycles. The fourth-order valence-corrected chi connectivity index (χ4v) is 0.917. The topological polar surface area (TPSA) is 30.7 Å². The molecule has 0 aliphatic rings. The molecule has 0 unspecified atom stereocenters. The number of nitrogens with zero attached hydrogens (tertiary/aromatic N) is 3. The van der Waals surface area contributed by atoms with Gasteiger partial charge in [-0.05, 0) is 13.0 Å². The first kappa shape index (κ1) is 11.3. The van der Waals surface area contributed by atoms with Crippen molar-refractivity contribution in [2.75, 3.05) is 0 Å². The normalized spacial score (nSPS) is 9.33. The van der Waals surface area contributed by atoms with Crippen LogP contribution in [0.3, 0.4) is 0 Å². The number of rotatable bonds is 0. The predicted molar refractivity (Wildman–Crippen MR) is 52.1 cm³/mol. The van der Waals surface area contributed by atoms with Gasteiger partial charge in [0.1, 0.15) is 11.6 Å². The van der Waals surface area contributed by atoms with E-state index in [9.17, 15) is 8.78 Å². The molecule has 0 N–H and O–H groups in total. The SMILES string of the molecule is Cc1ccn(C)n1.Fc1cncc(F)c1. The van der Waals surface area contributed by atoms with E-state index in [1.165, 1.54) is 0 Å². The summed E-state index contributed by atoms with van der Waals surface area (Å²) in [4.78, 5) is 3.23. The second kappa shape index (κ2) is 5.19. The fraction of sp³-hybridized carbons (Fsp3) is 0.200. The Hall–Kier alpha value is -1.78. The minimum atomic E-state index is -0.648. The molecule has 2 rings (SSSR count). The van der Waals surface area contributed by atoms with E-state index in [-0.39, 0.29) is 0 Å². The van der Waals surface area contributed by atoms with Crippen LogP contribution in [0.4, 0.5) is 8.78 Å². The van der Waals surface area contributed by atoms with Gasteiger partial charge in [0.25, 0.3) is 0 Å². The van der Waals surface area contributed by atoms with E-state index in [0.29, 0.717) is 0 Å². The van der Waals surface area contributed by atoms with Crippen molar-refractivity contribution < 1.29 is 8.78 Å². The van der Waals surface area contributed by atoms with E-state index < -0.39 is 11.6 Å². The van der Waals surface area contributed by atoms with E-state index in [2.05, 4.69) is 10.1 Å². The second-order valence-electron chi connectivity index (χ2n) is 2.95. The molecule has 0 saturated carbocycles. The van der Waals surface area contributed by atoms with Crippen molar-refractivity contribution in [1.82, 2.24) is 14.8 Å². The van der Waals surface area contributed by atoms with Crippen LogP contribution in [0.5, 0.6) is 0 Å². The van der Waals surface area contributed by atoms with E-state index in [1.54, 1.807) is 4.68 Å². The molecule has 0 saturated heterocycles. The van der Waals surface area contributed by atoms with Crippen molar-refractivity contribution in [2.24, 2.45) is 7.05 Å². The summed E-state index contributed by atoms with van der Waals surface area (Å²) in [5.74, 6) is -1.30. The van der Waals surface area contributed by atoms with Gasteiger partial charge in [0.15, 0.2) is 0 Å². The zero-order valence-corrected chi connectivity index (χ0v) is 8.48. The first-order valence-corrected chi connectivity index (χ1v) is 4.30. The quantitative estimate of drug-likeness (QED) is 0.668. The molecule has 5 heteroatoms. The highest BCUT2D eigenvalue weighted by molar-refractivity contribution is 4.95. The summed E-state index contributed by atoms with van der Waals surface area (Å²) in [6.07, 6.45) is 3.82. The molecule has 0 amide bonds. The molecular weight excluding hydrogens is 200 g/mol. The third kappa shape index (κ3) is 4.30. The summed E-state index contributed by atoms with van der Waals surface area (Å²) >= 11 is 0. The predicted octanol–water partition coefficient (Wildman–Crippen LogP) is 2.09. The Balaban J connectivity index is 0.000000151. The van der Waals surface area contributed by atoms with Gasteiger partial charge < -0.3 is 0 Å². The molecule has 0 fully saturated rings. The molecule has 0 bridgehead atoms. The van der Waals surface area contributed by atoms with Gasteiger partial charge in [-0.15, -0.1) is 0 Å². The summed E-state index contributed by atoms with van der Waals surface area (Å²) in [5, 5.41) is 4.03. The molecule has 15 heavy (non-hydrogen) atoms. The van der Waals surface area contributed by atoms with Crippen LogP contribution in [-0.2, 0) is 7.05 Å². The summed E-state index contributed by atoms with van der Waals surface area (Å²) in [6, 6.07) is 2.74. The Labute approximate surface area is 86.4 Å². The molecule has 0 aliphatic carbocycles. The Morgan fingerprint density at radius 1 is 1.20 bits per heavy atom. The molecule has 0 radical (unpaired) electrons. The van der Waals surface area contributed by atoms with Gasteiger partial charge in [0.2, 0.25) is 0 Å². The van der Waals surface area contributed by atoms with Crippen LogP contribution in [-0.4, -0.2) is 14.8 Å². The standard InChI is InChI=1S/C5H3F2N.C5H8N2/c6-4-1-5(7)3-8-2-4;1-5-3-4-7(2)6-5/h1-3H;3-4H,1-2H3. The molecule has 2 aromatic heterocycles. The lowest BCUT2D eigenvalue weighted by atomic mass is 10.5. The first-order chi connectivity index (χ1) is 7.08. The van der Waals surface area contributed by atoms with Gasteiger partial charge in [-0.3, -0.25) is 9.67 Å². The number of hydrogen-bond acceptors (Lipinski definition) is 2. The van der Waals surface area contributed by atoms with Crippen molar-refractivity contribution in [2.45, 2.75) is 6.92 Å². The zero-order valence-electron chi connectivity index (χ0n) is 8.48.